The van der Waals surface area contributed by atoms with Crippen molar-refractivity contribution in [1.29, 1.82) is 0 Å². The van der Waals surface area contributed by atoms with E-state index in [1.807, 2.05) is 48.2 Å². The summed E-state index contributed by atoms with van der Waals surface area (Å²) in [6, 6.07) is 14.2. The third-order valence-electron chi connectivity index (χ3n) is 7.37. The van der Waals surface area contributed by atoms with Crippen LogP contribution in [0.15, 0.2) is 97.4 Å². The van der Waals surface area contributed by atoms with Gasteiger partial charge in [0.15, 0.2) is 0 Å². The van der Waals surface area contributed by atoms with Crippen molar-refractivity contribution >= 4 is 23.1 Å². The van der Waals surface area contributed by atoms with Crippen molar-refractivity contribution in [2.24, 2.45) is 10.8 Å². The lowest BCUT2D eigenvalue weighted by Crippen LogP contribution is -2.24. The molecule has 216 valence electrons. The molecule has 1 aliphatic heterocycles. The fraction of sp³-hybridized carbons (Fsp3) is 0.405. The Morgan fingerprint density at radius 1 is 0.878 bits per heavy atom. The van der Waals surface area contributed by atoms with Crippen molar-refractivity contribution in [3.8, 4) is 0 Å². The van der Waals surface area contributed by atoms with E-state index in [1.165, 1.54) is 9.81 Å². The van der Waals surface area contributed by atoms with Gasteiger partial charge in [-0.25, -0.2) is 4.42 Å². The van der Waals surface area contributed by atoms with E-state index < -0.39 is 0 Å². The number of carbonyl (C=O) groups excluding carboxylic acids is 1. The Morgan fingerprint density at radius 2 is 1.46 bits per heavy atom. The molecule has 2 aromatic rings. The van der Waals surface area contributed by atoms with Crippen molar-refractivity contribution in [2.75, 3.05) is 0 Å². The van der Waals surface area contributed by atoms with E-state index in [4.69, 9.17) is 4.42 Å². The molecule has 4 heteroatoms. The van der Waals surface area contributed by atoms with Crippen LogP contribution in [-0.2, 0) is 23.1 Å². The topological polar surface area (TPSA) is 48.6 Å². The van der Waals surface area contributed by atoms with E-state index in [0.29, 0.717) is 17.6 Å². The molecule has 0 radical (unpaired) electrons. The molecular formula is C37H45O3S+. The average Bonchev–Trinajstić information content (AvgIpc) is 2.90. The summed E-state index contributed by atoms with van der Waals surface area (Å²) in [5.41, 5.74) is 4.29. The Balaban J connectivity index is 1.90. The van der Waals surface area contributed by atoms with Crippen LogP contribution in [0.2, 0.25) is 0 Å². The van der Waals surface area contributed by atoms with Gasteiger partial charge in [0.05, 0.1) is 23.0 Å². The molecule has 0 fully saturated rings. The highest BCUT2D eigenvalue weighted by molar-refractivity contribution is 8.06. The van der Waals surface area contributed by atoms with Gasteiger partial charge >= 0.3 is 11.5 Å². The largest absolute Gasteiger partial charge is 0.506 e. The summed E-state index contributed by atoms with van der Waals surface area (Å²) < 4.78 is 6.21. The monoisotopic (exact) mass is 569 g/mol. The molecule has 1 N–H and O–H groups in total. The van der Waals surface area contributed by atoms with Crippen molar-refractivity contribution in [3.63, 3.8) is 0 Å². The Morgan fingerprint density at radius 3 is 1.95 bits per heavy atom. The number of allylic oxidation sites excluding steroid dienone is 9. The van der Waals surface area contributed by atoms with E-state index in [1.54, 1.807) is 0 Å². The molecule has 3 nitrogen and oxygen atoms in total. The molecule has 1 aromatic carbocycles. The minimum absolute atomic E-state index is 0.0252. The van der Waals surface area contributed by atoms with Gasteiger partial charge in [-0.3, -0.25) is 4.79 Å². The Hall–Kier alpha value is -3.11. The fourth-order valence-electron chi connectivity index (χ4n) is 4.76. The summed E-state index contributed by atoms with van der Waals surface area (Å²) in [5, 5.41) is 11.5. The predicted octanol–water partition coefficient (Wildman–Crippen LogP) is 10.3. The number of hydrogen-bond donors (Lipinski definition) is 1. The van der Waals surface area contributed by atoms with Gasteiger partial charge in [-0.05, 0) is 88.3 Å². The molecule has 0 unspecified atom stereocenters. The van der Waals surface area contributed by atoms with Crippen LogP contribution in [0.1, 0.15) is 91.9 Å². The standard InChI is InChI=1S/C37H44O3S/c1-11-26-21-25(22-29(40-26)35(2,3)4)27(17-23-15-13-12-14-16-23)32-33(38)28(34(32)39)18-24-19-30(36(5,6)7)41-31(20-24)37(8,9)10/h12-16,18-22H,11,17H2,1-10H3/p+1. The van der Waals surface area contributed by atoms with E-state index in [9.17, 15) is 9.90 Å². The van der Waals surface area contributed by atoms with Crippen LogP contribution in [0.3, 0.4) is 0 Å². The Labute approximate surface area is 250 Å². The number of thioether (sulfide) groups is 1. The maximum Gasteiger partial charge on any atom is 0.335 e. The summed E-state index contributed by atoms with van der Waals surface area (Å²) in [4.78, 5) is 16.4. The van der Waals surface area contributed by atoms with E-state index in [0.717, 1.165) is 40.2 Å². The molecular weight excluding hydrogens is 524 g/mol. The lowest BCUT2D eigenvalue weighted by molar-refractivity contribution is -0.113. The molecule has 0 amide bonds. The third-order valence-corrected chi connectivity index (χ3v) is 9.27. The lowest BCUT2D eigenvalue weighted by Gasteiger charge is -2.32. The molecule has 0 atom stereocenters. The molecule has 4 rings (SSSR count). The zero-order valence-electron chi connectivity index (χ0n) is 26.4. The number of carbonyl (C=O) groups is 1. The fourth-order valence-corrected chi connectivity index (χ4v) is 6.00. The second-order valence-corrected chi connectivity index (χ2v) is 15.2. The summed E-state index contributed by atoms with van der Waals surface area (Å²) in [6.07, 6.45) is 7.44. The van der Waals surface area contributed by atoms with Crippen LogP contribution >= 0.6 is 11.8 Å². The van der Waals surface area contributed by atoms with Gasteiger partial charge in [0.1, 0.15) is 5.76 Å². The first-order chi connectivity index (χ1) is 19.0. The average molecular weight is 570 g/mol. The first-order valence-corrected chi connectivity index (χ1v) is 15.4. The number of ketones is 1. The highest BCUT2D eigenvalue weighted by Gasteiger charge is 2.38. The van der Waals surface area contributed by atoms with Gasteiger partial charge in [0.2, 0.25) is 5.78 Å². The van der Waals surface area contributed by atoms with E-state index in [2.05, 4.69) is 93.5 Å². The summed E-state index contributed by atoms with van der Waals surface area (Å²) in [6.45, 7) is 21.7. The molecule has 1 aromatic heterocycles. The van der Waals surface area contributed by atoms with Crippen molar-refractivity contribution in [2.45, 2.75) is 87.5 Å². The molecule has 41 heavy (non-hydrogen) atoms. The number of benzene rings is 1. The summed E-state index contributed by atoms with van der Waals surface area (Å²) in [7, 11) is 0. The molecule has 0 saturated carbocycles. The first kappa shape index (κ1) is 30.8. The maximum absolute atomic E-state index is 13.9. The first-order valence-electron chi connectivity index (χ1n) is 14.6. The Bertz CT molecular complexity index is 1480. The Kier molecular flexibility index (Phi) is 8.49. The van der Waals surface area contributed by atoms with Crippen LogP contribution in [0, 0.1) is 10.8 Å². The van der Waals surface area contributed by atoms with Crippen LogP contribution in [0.5, 0.6) is 0 Å². The quantitative estimate of drug-likeness (QED) is 0.287. The van der Waals surface area contributed by atoms with Gasteiger partial charge in [-0.15, -0.1) is 0 Å². The highest BCUT2D eigenvalue weighted by Crippen LogP contribution is 2.49. The van der Waals surface area contributed by atoms with Crippen LogP contribution in [-0.4, -0.2) is 10.9 Å². The number of Topliss-reactive ketones (excluding diaryl/α,β-unsaturated/α-hetero) is 1. The number of aryl methyl sites for hydroxylation is 1. The SMILES string of the molecule is CCc1cc(C(Cc2ccccc2)=C2C(=O)C(C=C3C=C(C(C)(C)C)SC(C(C)(C)C)=C3)=C2O)cc(C(C)(C)C)[o+]1. The number of hydrogen-bond acceptors (Lipinski definition) is 3. The summed E-state index contributed by atoms with van der Waals surface area (Å²) in [5.74, 6) is 1.66. The number of aliphatic hydroxyl groups is 1. The second-order valence-electron chi connectivity index (χ2n) is 14.2. The van der Waals surface area contributed by atoms with Crippen LogP contribution in [0.25, 0.3) is 5.57 Å². The second kappa shape index (κ2) is 11.3. The third kappa shape index (κ3) is 6.86. The molecule has 1 aliphatic carbocycles. The molecule has 2 aliphatic rings. The van der Waals surface area contributed by atoms with Gasteiger partial charge in [0.25, 0.3) is 0 Å². The predicted molar refractivity (Wildman–Crippen MR) is 174 cm³/mol. The normalized spacial score (nSPS) is 17.7. The minimum atomic E-state index is -0.202. The highest BCUT2D eigenvalue weighted by atomic mass is 32.2. The van der Waals surface area contributed by atoms with Gasteiger partial charge in [-0.2, -0.15) is 0 Å². The van der Waals surface area contributed by atoms with Crippen molar-refractivity contribution in [1.82, 2.24) is 0 Å². The smallest absolute Gasteiger partial charge is 0.335 e. The zero-order valence-corrected chi connectivity index (χ0v) is 27.2. The van der Waals surface area contributed by atoms with E-state index in [-0.39, 0.29) is 27.8 Å². The van der Waals surface area contributed by atoms with Gasteiger partial charge in [0, 0.05) is 12.1 Å². The molecule has 2 heterocycles. The van der Waals surface area contributed by atoms with Gasteiger partial charge < -0.3 is 5.11 Å². The number of aliphatic hydroxyl groups excluding tert-OH is 1. The molecule has 0 bridgehead atoms. The summed E-state index contributed by atoms with van der Waals surface area (Å²) >= 11 is 1.81. The zero-order chi connectivity index (χ0) is 30.3. The van der Waals surface area contributed by atoms with Crippen LogP contribution < -0.4 is 0 Å². The molecule has 0 saturated heterocycles. The van der Waals surface area contributed by atoms with Crippen molar-refractivity contribution in [3.05, 3.63) is 116 Å². The van der Waals surface area contributed by atoms with Crippen molar-refractivity contribution < 1.29 is 14.3 Å². The van der Waals surface area contributed by atoms with Gasteiger partial charge in [-0.1, -0.05) is 90.6 Å². The van der Waals surface area contributed by atoms with Crippen LogP contribution in [0.4, 0.5) is 0 Å². The minimum Gasteiger partial charge on any atom is -0.506 e. The maximum atomic E-state index is 13.9. The lowest BCUT2D eigenvalue weighted by atomic mass is 9.79. The van der Waals surface area contributed by atoms with E-state index >= 15 is 0 Å². The molecule has 0 spiro atoms. The number of rotatable bonds is 5.